The molecular formula is C10H17NO5. The van der Waals surface area contributed by atoms with Gasteiger partial charge in [0.25, 0.3) is 0 Å². The Kier molecular flexibility index (Phi) is 6.14. The Morgan fingerprint density at radius 1 is 1.31 bits per heavy atom. The van der Waals surface area contributed by atoms with Gasteiger partial charge in [-0.15, -0.1) is 0 Å². The lowest BCUT2D eigenvalue weighted by atomic mass is 10.0. The lowest BCUT2D eigenvalue weighted by Crippen LogP contribution is -2.44. The van der Waals surface area contributed by atoms with Gasteiger partial charge in [-0.1, -0.05) is 13.8 Å². The fraction of sp³-hybridized carbons (Fsp3) is 0.700. The molecule has 0 radical (unpaired) electrons. The van der Waals surface area contributed by atoms with Gasteiger partial charge < -0.3 is 15.2 Å². The maximum atomic E-state index is 11.3. The van der Waals surface area contributed by atoms with Gasteiger partial charge in [0.15, 0.2) is 0 Å². The van der Waals surface area contributed by atoms with E-state index in [1.165, 1.54) is 6.92 Å². The molecule has 1 atom stereocenters. The van der Waals surface area contributed by atoms with Crippen molar-refractivity contribution < 1.29 is 24.2 Å². The van der Waals surface area contributed by atoms with Crippen molar-refractivity contribution in [1.82, 2.24) is 5.32 Å². The predicted molar refractivity (Wildman–Crippen MR) is 55.7 cm³/mol. The second-order valence-electron chi connectivity index (χ2n) is 3.72. The standard InChI is InChI=1S/C10H17NO5/c1-6(2)9(10(14)15)11-8(13)4-5-16-7(3)12/h6,9H,4-5H2,1-3H3,(H,11,13)(H,14,15). The number of carboxylic acid groups (broad SMARTS) is 1. The molecule has 16 heavy (non-hydrogen) atoms. The molecule has 0 saturated heterocycles. The third kappa shape index (κ3) is 6.00. The van der Waals surface area contributed by atoms with E-state index in [0.717, 1.165) is 0 Å². The molecule has 0 bridgehead atoms. The summed E-state index contributed by atoms with van der Waals surface area (Å²) >= 11 is 0. The van der Waals surface area contributed by atoms with Crippen molar-refractivity contribution in [3.63, 3.8) is 0 Å². The average Bonchev–Trinajstić information content (AvgIpc) is 2.12. The molecule has 0 rings (SSSR count). The van der Waals surface area contributed by atoms with Crippen molar-refractivity contribution in [2.75, 3.05) is 6.61 Å². The fourth-order valence-electron chi connectivity index (χ4n) is 1.05. The highest BCUT2D eigenvalue weighted by Crippen LogP contribution is 2.02. The SMILES string of the molecule is CC(=O)OCCC(=O)NC(C(=O)O)C(C)C. The number of nitrogens with one attached hydrogen (secondary N) is 1. The fourth-order valence-corrected chi connectivity index (χ4v) is 1.05. The normalized spacial score (nSPS) is 12.0. The molecule has 0 saturated carbocycles. The summed E-state index contributed by atoms with van der Waals surface area (Å²) in [6, 6.07) is -0.912. The van der Waals surface area contributed by atoms with Crippen LogP contribution in [0.25, 0.3) is 0 Å². The van der Waals surface area contributed by atoms with Crippen LogP contribution in [0.4, 0.5) is 0 Å². The summed E-state index contributed by atoms with van der Waals surface area (Å²) in [5.41, 5.74) is 0. The minimum Gasteiger partial charge on any atom is -0.480 e. The summed E-state index contributed by atoms with van der Waals surface area (Å²) in [5, 5.41) is 11.2. The maximum absolute atomic E-state index is 11.3. The van der Waals surface area contributed by atoms with E-state index in [1.54, 1.807) is 13.8 Å². The van der Waals surface area contributed by atoms with E-state index in [1.807, 2.05) is 0 Å². The number of ether oxygens (including phenoxy) is 1. The van der Waals surface area contributed by atoms with E-state index in [0.29, 0.717) is 0 Å². The van der Waals surface area contributed by atoms with Crippen LogP contribution < -0.4 is 5.32 Å². The van der Waals surface area contributed by atoms with Crippen LogP contribution in [0.3, 0.4) is 0 Å². The molecule has 0 aromatic carbocycles. The lowest BCUT2D eigenvalue weighted by Gasteiger charge is -2.17. The molecule has 0 aliphatic rings. The monoisotopic (exact) mass is 231 g/mol. The van der Waals surface area contributed by atoms with Crippen molar-refractivity contribution in [2.24, 2.45) is 5.92 Å². The van der Waals surface area contributed by atoms with Crippen LogP contribution in [0.2, 0.25) is 0 Å². The zero-order chi connectivity index (χ0) is 12.7. The quantitative estimate of drug-likeness (QED) is 0.635. The predicted octanol–water partition coefficient (Wildman–Crippen LogP) is 0.165. The smallest absolute Gasteiger partial charge is 0.326 e. The first kappa shape index (κ1) is 14.4. The number of rotatable bonds is 6. The number of aliphatic carboxylic acids is 1. The first-order chi connectivity index (χ1) is 7.34. The van der Waals surface area contributed by atoms with Gasteiger partial charge in [0.2, 0.25) is 5.91 Å². The van der Waals surface area contributed by atoms with Gasteiger partial charge in [0, 0.05) is 6.92 Å². The van der Waals surface area contributed by atoms with Crippen LogP contribution in [-0.2, 0) is 19.1 Å². The topological polar surface area (TPSA) is 92.7 Å². The number of carboxylic acids is 1. The van der Waals surface area contributed by atoms with Crippen LogP contribution in [0.1, 0.15) is 27.2 Å². The first-order valence-electron chi connectivity index (χ1n) is 5.00. The van der Waals surface area contributed by atoms with Gasteiger partial charge in [-0.25, -0.2) is 4.79 Å². The van der Waals surface area contributed by atoms with E-state index >= 15 is 0 Å². The van der Waals surface area contributed by atoms with Crippen LogP contribution >= 0.6 is 0 Å². The number of esters is 1. The molecule has 0 heterocycles. The third-order valence-electron chi connectivity index (χ3n) is 1.88. The van der Waals surface area contributed by atoms with Crippen LogP contribution in [0, 0.1) is 5.92 Å². The highest BCUT2D eigenvalue weighted by molar-refractivity contribution is 5.83. The summed E-state index contributed by atoms with van der Waals surface area (Å²) in [4.78, 5) is 32.5. The van der Waals surface area contributed by atoms with Gasteiger partial charge in [-0.2, -0.15) is 0 Å². The summed E-state index contributed by atoms with van der Waals surface area (Å²) in [6.45, 7) is 4.61. The van der Waals surface area contributed by atoms with E-state index in [9.17, 15) is 14.4 Å². The molecule has 6 heteroatoms. The zero-order valence-corrected chi connectivity index (χ0v) is 9.65. The van der Waals surface area contributed by atoms with Crippen LogP contribution in [0.15, 0.2) is 0 Å². The first-order valence-corrected chi connectivity index (χ1v) is 5.00. The molecule has 0 aliphatic heterocycles. The number of hydrogen-bond donors (Lipinski definition) is 2. The molecule has 1 unspecified atom stereocenters. The van der Waals surface area contributed by atoms with Gasteiger partial charge in [-0.05, 0) is 5.92 Å². The summed E-state index contributed by atoms with van der Waals surface area (Å²) in [5.74, 6) is -2.18. The Morgan fingerprint density at radius 3 is 2.25 bits per heavy atom. The molecule has 0 fully saturated rings. The summed E-state index contributed by atoms with van der Waals surface area (Å²) in [7, 11) is 0. The molecule has 0 aromatic rings. The minimum atomic E-state index is -1.07. The van der Waals surface area contributed by atoms with Crippen molar-refractivity contribution in [2.45, 2.75) is 33.2 Å². The van der Waals surface area contributed by atoms with Crippen molar-refractivity contribution in [3.8, 4) is 0 Å². The highest BCUT2D eigenvalue weighted by Gasteiger charge is 2.23. The number of carbonyl (C=O) groups excluding carboxylic acids is 2. The molecule has 0 aromatic heterocycles. The van der Waals surface area contributed by atoms with Crippen molar-refractivity contribution in [3.05, 3.63) is 0 Å². The average molecular weight is 231 g/mol. The second kappa shape index (κ2) is 6.81. The van der Waals surface area contributed by atoms with Gasteiger partial charge in [-0.3, -0.25) is 9.59 Å². The van der Waals surface area contributed by atoms with Crippen LogP contribution in [-0.4, -0.2) is 35.6 Å². The Hall–Kier alpha value is -1.59. The molecule has 6 nitrogen and oxygen atoms in total. The van der Waals surface area contributed by atoms with Gasteiger partial charge in [0.1, 0.15) is 12.6 Å². The van der Waals surface area contributed by atoms with E-state index < -0.39 is 23.9 Å². The van der Waals surface area contributed by atoms with E-state index in [-0.39, 0.29) is 18.9 Å². The molecule has 0 aliphatic carbocycles. The highest BCUT2D eigenvalue weighted by atomic mass is 16.5. The number of amides is 1. The van der Waals surface area contributed by atoms with E-state index in [4.69, 9.17) is 5.11 Å². The van der Waals surface area contributed by atoms with Crippen LogP contribution in [0.5, 0.6) is 0 Å². The Balaban J connectivity index is 4.01. The Labute approximate surface area is 94.0 Å². The second-order valence-corrected chi connectivity index (χ2v) is 3.72. The zero-order valence-electron chi connectivity index (χ0n) is 9.65. The molecule has 2 N–H and O–H groups in total. The molecule has 0 spiro atoms. The Bertz CT molecular complexity index is 274. The third-order valence-corrected chi connectivity index (χ3v) is 1.88. The largest absolute Gasteiger partial charge is 0.480 e. The van der Waals surface area contributed by atoms with Gasteiger partial charge >= 0.3 is 11.9 Å². The molecular weight excluding hydrogens is 214 g/mol. The molecule has 1 amide bonds. The van der Waals surface area contributed by atoms with Crippen molar-refractivity contribution >= 4 is 17.8 Å². The van der Waals surface area contributed by atoms with Crippen molar-refractivity contribution in [1.29, 1.82) is 0 Å². The van der Waals surface area contributed by atoms with Gasteiger partial charge in [0.05, 0.1) is 6.42 Å². The lowest BCUT2D eigenvalue weighted by molar-refractivity contribution is -0.145. The minimum absolute atomic E-state index is 0.0317. The molecule has 92 valence electrons. The number of carbonyl (C=O) groups is 3. The Morgan fingerprint density at radius 2 is 1.88 bits per heavy atom. The maximum Gasteiger partial charge on any atom is 0.326 e. The summed E-state index contributed by atoms with van der Waals surface area (Å²) < 4.78 is 4.57. The van der Waals surface area contributed by atoms with E-state index in [2.05, 4.69) is 10.1 Å². The number of hydrogen-bond acceptors (Lipinski definition) is 4. The summed E-state index contributed by atoms with van der Waals surface area (Å²) in [6.07, 6.45) is -0.0317.